The van der Waals surface area contributed by atoms with Gasteiger partial charge in [-0.3, -0.25) is 4.79 Å². The Morgan fingerprint density at radius 3 is 2.58 bits per heavy atom. The molecule has 0 aromatic heterocycles. The molecule has 0 atom stereocenters. The zero-order chi connectivity index (χ0) is 19.4. The van der Waals surface area contributed by atoms with Crippen molar-refractivity contribution in [1.29, 1.82) is 0 Å². The number of hydrogen-bond donors (Lipinski definition) is 1. The van der Waals surface area contributed by atoms with Crippen LogP contribution in [-0.4, -0.2) is 45.0 Å². The lowest BCUT2D eigenvalue weighted by atomic mass is 10.2. The summed E-state index contributed by atoms with van der Waals surface area (Å²) in [7, 11) is -3.79. The van der Waals surface area contributed by atoms with Gasteiger partial charge < -0.3 is 4.90 Å². The van der Waals surface area contributed by atoms with Crippen molar-refractivity contribution < 1.29 is 26.4 Å². The molecule has 0 unspecified atom stereocenters. The molecule has 0 saturated heterocycles. The third kappa shape index (κ3) is 6.28. The second kappa shape index (κ2) is 8.39. The van der Waals surface area contributed by atoms with E-state index in [1.165, 1.54) is 18.2 Å². The second-order valence-corrected chi connectivity index (χ2v) is 8.29. The maximum Gasteiger partial charge on any atom is 0.406 e. The molecule has 9 heteroatoms. The number of rotatable bonds is 9. The van der Waals surface area contributed by atoms with E-state index in [0.717, 1.165) is 18.9 Å². The molecule has 0 aliphatic heterocycles. The van der Waals surface area contributed by atoms with Crippen LogP contribution in [0, 0.1) is 5.92 Å². The Kier molecular flexibility index (Phi) is 6.68. The number of halogens is 3. The number of unbranched alkanes of at least 4 members (excludes halogenated alkanes) is 1. The maximum atomic E-state index is 12.8. The third-order valence-electron chi connectivity index (χ3n) is 4.09. The van der Waals surface area contributed by atoms with E-state index < -0.39 is 28.7 Å². The van der Waals surface area contributed by atoms with Crippen LogP contribution in [0.5, 0.6) is 0 Å². The lowest BCUT2D eigenvalue weighted by Crippen LogP contribution is -2.39. The van der Waals surface area contributed by atoms with Crippen LogP contribution in [-0.2, 0) is 10.0 Å². The first-order chi connectivity index (χ1) is 12.1. The van der Waals surface area contributed by atoms with Gasteiger partial charge >= 0.3 is 6.18 Å². The molecule has 26 heavy (non-hydrogen) atoms. The van der Waals surface area contributed by atoms with Crippen LogP contribution in [0.15, 0.2) is 29.2 Å². The highest BCUT2D eigenvalue weighted by molar-refractivity contribution is 7.89. The summed E-state index contributed by atoms with van der Waals surface area (Å²) in [5, 5.41) is 0. The monoisotopic (exact) mass is 392 g/mol. The summed E-state index contributed by atoms with van der Waals surface area (Å²) in [5.41, 5.74) is -0.0698. The van der Waals surface area contributed by atoms with Gasteiger partial charge in [-0.05, 0) is 43.4 Å². The third-order valence-corrected chi connectivity index (χ3v) is 5.51. The molecule has 1 aromatic rings. The van der Waals surface area contributed by atoms with Crippen LogP contribution < -0.4 is 4.72 Å². The van der Waals surface area contributed by atoms with E-state index in [9.17, 15) is 26.4 Å². The fraction of sp³-hybridized carbons (Fsp3) is 0.588. The molecule has 0 spiro atoms. The molecule has 146 valence electrons. The first-order valence-corrected chi connectivity index (χ1v) is 10.1. The lowest BCUT2D eigenvalue weighted by Gasteiger charge is -2.24. The van der Waals surface area contributed by atoms with Crippen molar-refractivity contribution in [2.45, 2.75) is 43.7 Å². The molecular weight excluding hydrogens is 369 g/mol. The molecular formula is C17H23F3N2O3S. The number of alkyl halides is 3. The Labute approximate surface area is 151 Å². The molecule has 0 bridgehead atoms. The Morgan fingerprint density at radius 1 is 1.31 bits per heavy atom. The number of nitrogens with zero attached hydrogens (tertiary/aromatic N) is 1. The van der Waals surface area contributed by atoms with E-state index in [0.29, 0.717) is 30.2 Å². The average molecular weight is 392 g/mol. The Hall–Kier alpha value is -1.61. The summed E-state index contributed by atoms with van der Waals surface area (Å²) in [5.74, 6) is -0.485. The molecule has 5 nitrogen and oxygen atoms in total. The van der Waals surface area contributed by atoms with Gasteiger partial charge in [-0.25, -0.2) is 13.1 Å². The maximum absolute atomic E-state index is 12.8. The van der Waals surface area contributed by atoms with Gasteiger partial charge in [0.25, 0.3) is 5.91 Å². The van der Waals surface area contributed by atoms with Gasteiger partial charge in [0.2, 0.25) is 10.0 Å². The summed E-state index contributed by atoms with van der Waals surface area (Å²) in [6, 6.07) is 5.15. The van der Waals surface area contributed by atoms with Crippen molar-refractivity contribution in [2.24, 2.45) is 5.92 Å². The normalized spacial score (nSPS) is 15.1. The van der Waals surface area contributed by atoms with Crippen LogP contribution in [0.4, 0.5) is 13.2 Å². The summed E-state index contributed by atoms with van der Waals surface area (Å²) in [6.45, 7) is 0.751. The van der Waals surface area contributed by atoms with Crippen LogP contribution >= 0.6 is 0 Å². The molecule has 1 fully saturated rings. The van der Waals surface area contributed by atoms with Gasteiger partial charge in [-0.1, -0.05) is 19.4 Å². The summed E-state index contributed by atoms with van der Waals surface area (Å²) < 4.78 is 65.3. The number of benzene rings is 1. The Balaban J connectivity index is 2.18. The standard InChI is InChI=1S/C17H23F3N2O3S/c1-2-3-9-22(12-17(18,19)20)16(23)14-5-4-6-15(10-14)26(24,25)21-11-13-7-8-13/h4-6,10,13,21H,2-3,7-9,11-12H2,1H3. The molecule has 1 amide bonds. The van der Waals surface area contributed by atoms with E-state index in [4.69, 9.17) is 0 Å². The van der Waals surface area contributed by atoms with E-state index in [1.807, 2.05) is 6.92 Å². The predicted octanol–water partition coefficient (Wildman–Crippen LogP) is 3.18. The number of amides is 1. The zero-order valence-corrected chi connectivity index (χ0v) is 15.4. The van der Waals surface area contributed by atoms with E-state index in [-0.39, 0.29) is 17.0 Å². The van der Waals surface area contributed by atoms with E-state index >= 15 is 0 Å². The fourth-order valence-corrected chi connectivity index (χ4v) is 3.59. The van der Waals surface area contributed by atoms with Crippen molar-refractivity contribution in [2.75, 3.05) is 19.6 Å². The zero-order valence-electron chi connectivity index (χ0n) is 14.6. The predicted molar refractivity (Wildman–Crippen MR) is 91.2 cm³/mol. The topological polar surface area (TPSA) is 66.5 Å². The van der Waals surface area contributed by atoms with Crippen molar-refractivity contribution >= 4 is 15.9 Å². The highest BCUT2D eigenvalue weighted by Crippen LogP contribution is 2.28. The van der Waals surface area contributed by atoms with Crippen LogP contribution in [0.3, 0.4) is 0 Å². The first-order valence-electron chi connectivity index (χ1n) is 8.58. The summed E-state index contributed by atoms with van der Waals surface area (Å²) in [4.78, 5) is 13.1. The smallest absolute Gasteiger partial charge is 0.330 e. The minimum absolute atomic E-state index is 0.0360. The molecule has 1 aliphatic carbocycles. The van der Waals surface area contributed by atoms with E-state index in [2.05, 4.69) is 4.72 Å². The summed E-state index contributed by atoms with van der Waals surface area (Å²) >= 11 is 0. The quantitative estimate of drug-likeness (QED) is 0.702. The van der Waals surface area contributed by atoms with Gasteiger partial charge in [0, 0.05) is 18.7 Å². The second-order valence-electron chi connectivity index (χ2n) is 6.52. The van der Waals surface area contributed by atoms with Crippen LogP contribution in [0.25, 0.3) is 0 Å². The molecule has 1 aromatic carbocycles. The van der Waals surface area contributed by atoms with Gasteiger partial charge in [0.1, 0.15) is 6.54 Å². The van der Waals surface area contributed by atoms with Gasteiger partial charge in [0.15, 0.2) is 0 Å². The van der Waals surface area contributed by atoms with Crippen molar-refractivity contribution in [3.05, 3.63) is 29.8 Å². The van der Waals surface area contributed by atoms with Gasteiger partial charge in [-0.15, -0.1) is 0 Å². The molecule has 0 radical (unpaired) electrons. The lowest BCUT2D eigenvalue weighted by molar-refractivity contribution is -0.140. The number of carbonyl (C=O) groups is 1. The number of sulfonamides is 1. The van der Waals surface area contributed by atoms with Gasteiger partial charge in [0.05, 0.1) is 4.90 Å². The molecule has 1 aliphatic rings. The number of nitrogens with one attached hydrogen (secondary N) is 1. The summed E-state index contributed by atoms with van der Waals surface area (Å²) in [6.07, 6.45) is -1.49. The van der Waals surface area contributed by atoms with Crippen molar-refractivity contribution in [3.8, 4) is 0 Å². The fourth-order valence-electron chi connectivity index (χ4n) is 2.43. The molecule has 2 rings (SSSR count). The minimum atomic E-state index is -4.51. The first kappa shape index (κ1) is 20.7. The Bertz CT molecular complexity index is 731. The highest BCUT2D eigenvalue weighted by Gasteiger charge is 2.33. The van der Waals surface area contributed by atoms with Crippen molar-refractivity contribution in [3.63, 3.8) is 0 Å². The van der Waals surface area contributed by atoms with Gasteiger partial charge in [-0.2, -0.15) is 13.2 Å². The number of carbonyl (C=O) groups excluding carboxylic acids is 1. The van der Waals surface area contributed by atoms with Crippen LogP contribution in [0.1, 0.15) is 43.0 Å². The molecule has 1 saturated carbocycles. The highest BCUT2D eigenvalue weighted by atomic mass is 32.2. The average Bonchev–Trinajstić information content (AvgIpc) is 3.40. The molecule has 0 heterocycles. The van der Waals surface area contributed by atoms with Crippen LogP contribution in [0.2, 0.25) is 0 Å². The molecule has 1 N–H and O–H groups in total. The largest absolute Gasteiger partial charge is 0.406 e. The minimum Gasteiger partial charge on any atom is -0.330 e. The SMILES string of the molecule is CCCCN(CC(F)(F)F)C(=O)c1cccc(S(=O)(=O)NCC2CC2)c1. The van der Waals surface area contributed by atoms with E-state index in [1.54, 1.807) is 0 Å². The number of hydrogen-bond acceptors (Lipinski definition) is 3. The van der Waals surface area contributed by atoms with Crippen molar-refractivity contribution in [1.82, 2.24) is 9.62 Å². The Morgan fingerprint density at radius 2 is 2.00 bits per heavy atom.